The molecule has 7 nitrogen and oxygen atoms in total. The third-order valence-corrected chi connectivity index (χ3v) is 5.67. The van der Waals surface area contributed by atoms with Gasteiger partial charge in [-0.2, -0.15) is 0 Å². The van der Waals surface area contributed by atoms with E-state index in [0.717, 1.165) is 27.8 Å². The molecule has 0 bridgehead atoms. The number of benzene rings is 2. The van der Waals surface area contributed by atoms with Crippen LogP contribution in [0.5, 0.6) is 11.5 Å². The minimum Gasteiger partial charge on any atom is -0.490 e. The summed E-state index contributed by atoms with van der Waals surface area (Å²) < 4.78 is 11.4. The fourth-order valence-corrected chi connectivity index (χ4v) is 4.15. The summed E-state index contributed by atoms with van der Waals surface area (Å²) in [5, 5.41) is 2.29. The van der Waals surface area contributed by atoms with Crippen LogP contribution >= 0.6 is 11.8 Å². The van der Waals surface area contributed by atoms with Gasteiger partial charge in [0.15, 0.2) is 11.5 Å². The highest BCUT2D eigenvalue weighted by Crippen LogP contribution is 2.35. The Morgan fingerprint density at radius 3 is 2.55 bits per heavy atom. The molecule has 1 heterocycles. The fraction of sp³-hybridized carbons (Fsp3) is 0.320. The second-order valence-electron chi connectivity index (χ2n) is 7.94. The highest BCUT2D eigenvalue weighted by molar-refractivity contribution is 8.18. The molecule has 0 radical (unpaired) electrons. The first-order valence-corrected chi connectivity index (χ1v) is 11.6. The molecule has 1 saturated heterocycles. The number of hydrogen-bond donors (Lipinski definition) is 1. The molecule has 3 rings (SSSR count). The number of thioether (sulfide) groups is 1. The van der Waals surface area contributed by atoms with Gasteiger partial charge in [0.1, 0.15) is 6.54 Å². The number of nitrogens with zero attached hydrogens (tertiary/aromatic N) is 1. The average Bonchev–Trinajstić information content (AvgIpc) is 2.99. The molecule has 2 aromatic carbocycles. The Bertz CT molecular complexity index is 1110. The van der Waals surface area contributed by atoms with E-state index in [4.69, 9.17) is 9.47 Å². The van der Waals surface area contributed by atoms with Crippen molar-refractivity contribution in [3.05, 3.63) is 58.0 Å². The summed E-state index contributed by atoms with van der Waals surface area (Å²) in [7, 11) is 0. The van der Waals surface area contributed by atoms with Crippen molar-refractivity contribution in [2.24, 2.45) is 0 Å². The van der Waals surface area contributed by atoms with E-state index in [2.05, 4.69) is 5.32 Å². The van der Waals surface area contributed by atoms with Crippen molar-refractivity contribution in [1.82, 2.24) is 4.90 Å². The maximum atomic E-state index is 12.8. The van der Waals surface area contributed by atoms with Gasteiger partial charge >= 0.3 is 0 Å². The maximum absolute atomic E-state index is 12.8. The van der Waals surface area contributed by atoms with Crippen molar-refractivity contribution in [3.8, 4) is 11.5 Å². The van der Waals surface area contributed by atoms with Gasteiger partial charge in [-0.05, 0) is 81.8 Å². The summed E-state index contributed by atoms with van der Waals surface area (Å²) in [4.78, 5) is 38.9. The quantitative estimate of drug-likeness (QED) is 0.539. The van der Waals surface area contributed by atoms with Crippen molar-refractivity contribution in [2.75, 3.05) is 18.5 Å². The molecule has 0 atom stereocenters. The summed E-state index contributed by atoms with van der Waals surface area (Å²) in [5.41, 5.74) is 3.34. The summed E-state index contributed by atoms with van der Waals surface area (Å²) in [6.07, 6.45) is 1.61. The van der Waals surface area contributed by atoms with Crippen LogP contribution in [0, 0.1) is 13.8 Å². The van der Waals surface area contributed by atoms with Gasteiger partial charge in [-0.25, -0.2) is 0 Å². The molecule has 0 spiro atoms. The zero-order valence-electron chi connectivity index (χ0n) is 19.4. The Kier molecular flexibility index (Phi) is 7.81. The highest BCUT2D eigenvalue weighted by Gasteiger charge is 2.36. The zero-order valence-corrected chi connectivity index (χ0v) is 20.2. The lowest BCUT2D eigenvalue weighted by molar-refractivity contribution is -0.127. The van der Waals surface area contributed by atoms with E-state index in [0.29, 0.717) is 29.4 Å². The van der Waals surface area contributed by atoms with Gasteiger partial charge in [-0.15, -0.1) is 0 Å². The van der Waals surface area contributed by atoms with E-state index < -0.39 is 17.1 Å². The Hall–Kier alpha value is -3.26. The Morgan fingerprint density at radius 2 is 1.88 bits per heavy atom. The monoisotopic (exact) mass is 468 g/mol. The fourth-order valence-electron chi connectivity index (χ4n) is 3.31. The lowest BCUT2D eigenvalue weighted by Gasteiger charge is -2.15. The number of ether oxygens (including phenoxy) is 2. The van der Waals surface area contributed by atoms with E-state index in [1.165, 1.54) is 0 Å². The van der Waals surface area contributed by atoms with Crippen LogP contribution in [0.3, 0.4) is 0 Å². The molecular formula is C25H28N2O5S. The van der Waals surface area contributed by atoms with E-state index >= 15 is 0 Å². The number of imide groups is 1. The third kappa shape index (κ3) is 6.16. The van der Waals surface area contributed by atoms with Crippen LogP contribution in [0.1, 0.15) is 37.5 Å². The van der Waals surface area contributed by atoms with Crippen LogP contribution in [-0.4, -0.2) is 41.2 Å². The number of carbonyl (C=O) groups excluding carboxylic acids is 3. The Morgan fingerprint density at radius 1 is 1.12 bits per heavy atom. The molecule has 0 saturated carbocycles. The lowest BCUT2D eigenvalue weighted by Crippen LogP contribution is -2.36. The second-order valence-corrected chi connectivity index (χ2v) is 8.93. The van der Waals surface area contributed by atoms with Gasteiger partial charge in [0, 0.05) is 5.69 Å². The van der Waals surface area contributed by atoms with Gasteiger partial charge in [-0.3, -0.25) is 19.3 Å². The van der Waals surface area contributed by atoms with Gasteiger partial charge in [-0.1, -0.05) is 23.8 Å². The van der Waals surface area contributed by atoms with Crippen molar-refractivity contribution >= 4 is 40.6 Å². The molecule has 1 N–H and O–H groups in total. The smallest absolute Gasteiger partial charge is 0.294 e. The minimum atomic E-state index is -0.499. The molecule has 0 aliphatic carbocycles. The topological polar surface area (TPSA) is 84.9 Å². The van der Waals surface area contributed by atoms with Crippen LogP contribution in [0.25, 0.3) is 6.08 Å². The predicted octanol–water partition coefficient (Wildman–Crippen LogP) is 5.16. The van der Waals surface area contributed by atoms with Gasteiger partial charge in [0.2, 0.25) is 5.91 Å². The normalized spacial score (nSPS) is 14.8. The largest absolute Gasteiger partial charge is 0.490 e. The van der Waals surface area contributed by atoms with Gasteiger partial charge in [0.05, 0.1) is 17.6 Å². The average molecular weight is 469 g/mol. The molecular weight excluding hydrogens is 440 g/mol. The molecule has 2 aromatic rings. The van der Waals surface area contributed by atoms with E-state index in [9.17, 15) is 14.4 Å². The van der Waals surface area contributed by atoms with Crippen molar-refractivity contribution in [1.29, 1.82) is 0 Å². The van der Waals surface area contributed by atoms with Crippen LogP contribution in [0.2, 0.25) is 0 Å². The number of carbonyl (C=O) groups is 3. The first-order chi connectivity index (χ1) is 15.7. The number of hydrogen-bond acceptors (Lipinski definition) is 6. The molecule has 1 fully saturated rings. The maximum Gasteiger partial charge on any atom is 0.294 e. The van der Waals surface area contributed by atoms with Crippen LogP contribution < -0.4 is 14.8 Å². The van der Waals surface area contributed by atoms with Crippen LogP contribution in [0.4, 0.5) is 10.5 Å². The van der Waals surface area contributed by atoms with E-state index in [1.807, 2.05) is 46.8 Å². The summed E-state index contributed by atoms with van der Waals surface area (Å²) in [6.45, 7) is 9.70. The first-order valence-electron chi connectivity index (χ1n) is 10.7. The molecule has 3 amide bonds. The number of aryl methyl sites for hydroxylation is 2. The van der Waals surface area contributed by atoms with E-state index in [-0.39, 0.29) is 17.6 Å². The lowest BCUT2D eigenvalue weighted by atomic mass is 10.1. The molecule has 174 valence electrons. The summed E-state index contributed by atoms with van der Waals surface area (Å²) in [6, 6.07) is 11.0. The van der Waals surface area contributed by atoms with Crippen LogP contribution in [-0.2, 0) is 9.59 Å². The SMILES string of the molecule is CCOc1cc(/C=C2/SC(=O)N(CC(=O)Nc3ccc(C)cc3C)C2=O)ccc1OC(C)C. The zero-order chi connectivity index (χ0) is 24.1. The number of amides is 3. The van der Waals surface area contributed by atoms with Gasteiger partial charge in [0.25, 0.3) is 11.1 Å². The summed E-state index contributed by atoms with van der Waals surface area (Å²) in [5.74, 6) is 0.243. The molecule has 33 heavy (non-hydrogen) atoms. The van der Waals surface area contributed by atoms with Crippen molar-refractivity contribution < 1.29 is 23.9 Å². The summed E-state index contributed by atoms with van der Waals surface area (Å²) >= 11 is 0.811. The Balaban J connectivity index is 1.73. The van der Waals surface area contributed by atoms with Crippen LogP contribution in [0.15, 0.2) is 41.3 Å². The minimum absolute atomic E-state index is 0.0126. The molecule has 1 aliphatic heterocycles. The van der Waals surface area contributed by atoms with Crippen molar-refractivity contribution in [2.45, 2.75) is 40.7 Å². The molecule has 0 aromatic heterocycles. The predicted molar refractivity (Wildman–Crippen MR) is 131 cm³/mol. The standard InChI is InChI=1S/C25H28N2O5S/c1-6-31-21-12-18(8-10-20(21)32-15(2)3)13-22-24(29)27(25(30)33-22)14-23(28)26-19-9-7-16(4)11-17(19)5/h7-13,15H,6,14H2,1-5H3,(H,26,28)/b22-13+. The molecule has 8 heteroatoms. The first kappa shape index (κ1) is 24.4. The highest BCUT2D eigenvalue weighted by atomic mass is 32.2. The number of rotatable bonds is 8. The number of anilines is 1. The number of nitrogens with one attached hydrogen (secondary N) is 1. The van der Waals surface area contributed by atoms with E-state index in [1.54, 1.807) is 30.3 Å². The van der Waals surface area contributed by atoms with Crippen molar-refractivity contribution in [3.63, 3.8) is 0 Å². The molecule has 1 aliphatic rings. The second kappa shape index (κ2) is 10.6. The third-order valence-electron chi connectivity index (χ3n) is 4.76. The Labute approximate surface area is 198 Å². The molecule has 0 unspecified atom stereocenters. The van der Waals surface area contributed by atoms with Gasteiger partial charge < -0.3 is 14.8 Å².